The van der Waals surface area contributed by atoms with Crippen molar-refractivity contribution in [3.63, 3.8) is 0 Å². The molecule has 5 rings (SSSR count). The topological polar surface area (TPSA) is 116 Å². The minimum absolute atomic E-state index is 0.0243. The number of aromatic nitrogens is 1. The highest BCUT2D eigenvalue weighted by atomic mass is 16.5. The maximum absolute atomic E-state index is 13.6. The summed E-state index contributed by atoms with van der Waals surface area (Å²) in [5, 5.41) is 15.5. The van der Waals surface area contributed by atoms with Crippen molar-refractivity contribution >= 4 is 23.6 Å². The first kappa shape index (κ1) is 29.0. The van der Waals surface area contributed by atoms with Gasteiger partial charge in [0, 0.05) is 49.7 Å². The Morgan fingerprint density at radius 1 is 1.02 bits per heavy atom. The summed E-state index contributed by atoms with van der Waals surface area (Å²) in [5.41, 5.74) is 5.60. The van der Waals surface area contributed by atoms with Gasteiger partial charge in [-0.25, -0.2) is 4.79 Å². The van der Waals surface area contributed by atoms with Crippen molar-refractivity contribution in [2.75, 3.05) is 32.1 Å². The van der Waals surface area contributed by atoms with Gasteiger partial charge in [0.15, 0.2) is 0 Å². The maximum Gasteiger partial charge on any atom is 0.407 e. The van der Waals surface area contributed by atoms with Gasteiger partial charge in [-0.1, -0.05) is 6.07 Å². The van der Waals surface area contributed by atoms with Crippen LogP contribution >= 0.6 is 0 Å². The molecular formula is C32H39N5O5. The van der Waals surface area contributed by atoms with Crippen molar-refractivity contribution in [3.8, 4) is 16.9 Å². The third-order valence-electron chi connectivity index (χ3n) is 8.58. The van der Waals surface area contributed by atoms with E-state index < -0.39 is 6.09 Å². The summed E-state index contributed by atoms with van der Waals surface area (Å²) in [4.78, 5) is 41.5. The van der Waals surface area contributed by atoms with Crippen molar-refractivity contribution in [2.45, 2.75) is 58.3 Å². The average molecular weight is 574 g/mol. The molecule has 2 aromatic carbocycles. The molecule has 3 heterocycles. The fourth-order valence-electron chi connectivity index (χ4n) is 6.24. The lowest BCUT2D eigenvalue weighted by Crippen LogP contribution is -2.55. The molecule has 2 aliphatic heterocycles. The molecule has 0 radical (unpaired) electrons. The molecule has 0 unspecified atom stereocenters. The molecule has 0 aliphatic carbocycles. The third-order valence-corrected chi connectivity index (χ3v) is 8.58. The normalized spacial score (nSPS) is 18.5. The predicted octanol–water partition coefficient (Wildman–Crippen LogP) is 4.67. The Bertz CT molecular complexity index is 1500. The molecule has 2 fully saturated rings. The van der Waals surface area contributed by atoms with Gasteiger partial charge < -0.3 is 29.9 Å². The molecule has 42 heavy (non-hydrogen) atoms. The number of methoxy groups -OCH3 is 1. The largest absolute Gasteiger partial charge is 0.497 e. The molecule has 10 heteroatoms. The third kappa shape index (κ3) is 5.53. The quantitative estimate of drug-likeness (QED) is 0.361. The number of hydrogen-bond acceptors (Lipinski definition) is 5. The lowest BCUT2D eigenvalue weighted by molar-refractivity contribution is 0.0935. The van der Waals surface area contributed by atoms with Crippen molar-refractivity contribution in [3.05, 3.63) is 71.0 Å². The predicted molar refractivity (Wildman–Crippen MR) is 161 cm³/mol. The van der Waals surface area contributed by atoms with E-state index in [1.54, 1.807) is 19.1 Å². The Hall–Kier alpha value is -4.47. The molecule has 0 spiro atoms. The van der Waals surface area contributed by atoms with Crippen molar-refractivity contribution in [1.82, 2.24) is 20.1 Å². The van der Waals surface area contributed by atoms with E-state index in [-0.39, 0.29) is 29.9 Å². The average Bonchev–Trinajstić information content (AvgIpc) is 3.55. The number of ether oxygens (including phenoxy) is 1. The Labute approximate surface area is 246 Å². The van der Waals surface area contributed by atoms with E-state index in [1.807, 2.05) is 74.0 Å². The Morgan fingerprint density at radius 2 is 1.74 bits per heavy atom. The fraction of sp³-hybridized carbons (Fsp3) is 0.406. The highest BCUT2D eigenvalue weighted by Crippen LogP contribution is 2.34. The Balaban J connectivity index is 1.36. The second-order valence-corrected chi connectivity index (χ2v) is 11.1. The monoisotopic (exact) mass is 573 g/mol. The summed E-state index contributed by atoms with van der Waals surface area (Å²) < 4.78 is 7.50. The van der Waals surface area contributed by atoms with Crippen LogP contribution in [0.2, 0.25) is 0 Å². The molecule has 0 saturated carbocycles. The highest BCUT2D eigenvalue weighted by molar-refractivity contribution is 5.97. The Kier molecular flexibility index (Phi) is 8.15. The van der Waals surface area contributed by atoms with E-state index in [9.17, 15) is 19.5 Å². The zero-order chi connectivity index (χ0) is 30.1. The Morgan fingerprint density at radius 3 is 2.36 bits per heavy atom. The molecule has 1 aromatic heterocycles. The van der Waals surface area contributed by atoms with Crippen LogP contribution < -0.4 is 20.3 Å². The van der Waals surface area contributed by atoms with E-state index >= 15 is 0 Å². The fourth-order valence-corrected chi connectivity index (χ4v) is 6.24. The molecule has 222 valence electrons. The summed E-state index contributed by atoms with van der Waals surface area (Å²) in [6.45, 7) is 7.74. The van der Waals surface area contributed by atoms with Crippen molar-refractivity contribution in [2.24, 2.45) is 0 Å². The van der Waals surface area contributed by atoms with Gasteiger partial charge in [-0.2, -0.15) is 0 Å². The lowest BCUT2D eigenvalue weighted by atomic mass is 10.00. The summed E-state index contributed by atoms with van der Waals surface area (Å²) in [7, 11) is 3.22. The van der Waals surface area contributed by atoms with Crippen LogP contribution in [0.15, 0.2) is 48.7 Å². The first-order valence-electron chi connectivity index (χ1n) is 14.4. The number of hydrogen-bond donors (Lipinski definition) is 3. The van der Waals surface area contributed by atoms with Crippen LogP contribution in [0.5, 0.6) is 5.75 Å². The van der Waals surface area contributed by atoms with Crippen LogP contribution in [0.4, 0.5) is 10.5 Å². The summed E-state index contributed by atoms with van der Waals surface area (Å²) in [6.07, 6.45) is 2.83. The van der Waals surface area contributed by atoms with E-state index in [2.05, 4.69) is 15.5 Å². The van der Waals surface area contributed by atoms with Gasteiger partial charge in [-0.3, -0.25) is 14.5 Å². The van der Waals surface area contributed by atoms with Gasteiger partial charge in [-0.15, -0.1) is 0 Å². The molecule has 2 saturated heterocycles. The minimum Gasteiger partial charge on any atom is -0.497 e. The number of rotatable bonds is 8. The zero-order valence-corrected chi connectivity index (χ0v) is 24.8. The first-order chi connectivity index (χ1) is 20.1. The van der Waals surface area contributed by atoms with Crippen LogP contribution in [-0.2, 0) is 6.54 Å². The van der Waals surface area contributed by atoms with Crippen LogP contribution in [0.3, 0.4) is 0 Å². The SMILES string of the molecule is CCn1cc(-c2cc(OC)cc([C@@H](C)NC(=O)c3cc(N4C[C@H]5CC[C@@H](C4)N5C(=O)O)ccc3C)c2)cc1C(=O)NC. The van der Waals surface area contributed by atoms with Crippen LogP contribution in [-0.4, -0.2) is 71.8 Å². The molecule has 2 bridgehead atoms. The number of benzene rings is 2. The molecule has 3 amide bonds. The van der Waals surface area contributed by atoms with Gasteiger partial charge >= 0.3 is 6.09 Å². The maximum atomic E-state index is 13.6. The van der Waals surface area contributed by atoms with Gasteiger partial charge in [0.05, 0.1) is 25.2 Å². The minimum atomic E-state index is -0.851. The number of nitrogens with zero attached hydrogens (tertiary/aromatic N) is 3. The van der Waals surface area contributed by atoms with Gasteiger partial charge in [0.25, 0.3) is 11.8 Å². The van der Waals surface area contributed by atoms with Crippen LogP contribution in [0.25, 0.3) is 11.1 Å². The summed E-state index contributed by atoms with van der Waals surface area (Å²) in [6, 6.07) is 13.2. The van der Waals surface area contributed by atoms with Crippen molar-refractivity contribution in [1.29, 1.82) is 0 Å². The number of aryl methyl sites for hydroxylation is 2. The van der Waals surface area contributed by atoms with Gasteiger partial charge in [-0.05, 0) is 86.7 Å². The molecule has 3 aromatic rings. The number of anilines is 1. The van der Waals surface area contributed by atoms with E-state index in [1.165, 1.54) is 0 Å². The summed E-state index contributed by atoms with van der Waals surface area (Å²) >= 11 is 0. The molecular weight excluding hydrogens is 534 g/mol. The lowest BCUT2D eigenvalue weighted by Gasteiger charge is -2.40. The van der Waals surface area contributed by atoms with E-state index in [4.69, 9.17) is 4.74 Å². The summed E-state index contributed by atoms with van der Waals surface area (Å²) in [5.74, 6) is 0.320. The van der Waals surface area contributed by atoms with Crippen LogP contribution in [0, 0.1) is 6.92 Å². The van der Waals surface area contributed by atoms with E-state index in [0.29, 0.717) is 36.6 Å². The number of carbonyl (C=O) groups is 3. The highest BCUT2D eigenvalue weighted by Gasteiger charge is 2.42. The van der Waals surface area contributed by atoms with Crippen molar-refractivity contribution < 1.29 is 24.2 Å². The number of carboxylic acid groups (broad SMARTS) is 1. The van der Waals surface area contributed by atoms with Gasteiger partial charge in [0.2, 0.25) is 0 Å². The van der Waals surface area contributed by atoms with Crippen LogP contribution in [0.1, 0.15) is 64.7 Å². The number of piperazine rings is 1. The van der Waals surface area contributed by atoms with E-state index in [0.717, 1.165) is 40.8 Å². The molecule has 3 atom stereocenters. The second kappa shape index (κ2) is 11.8. The smallest absolute Gasteiger partial charge is 0.407 e. The number of carbonyl (C=O) groups excluding carboxylic acids is 2. The standard InChI is InChI=1S/C32H39N5O5/c1-6-35-16-23(14-29(35)31(39)33-4)22-11-21(12-27(13-22)42-5)20(3)34-30(38)28-15-24(8-7-19(28)2)36-17-25-9-10-26(18-36)37(25)32(40)41/h7-8,11-16,20,25-26H,6,9-10,17-18H2,1-5H3,(H,33,39)(H,34,38)(H,40,41)/t20-,25-,26+/m1/s1. The molecule has 10 nitrogen and oxygen atoms in total. The molecule has 3 N–H and O–H groups in total. The first-order valence-corrected chi connectivity index (χ1v) is 14.4. The number of nitrogens with one attached hydrogen (secondary N) is 2. The van der Waals surface area contributed by atoms with Gasteiger partial charge in [0.1, 0.15) is 11.4 Å². The molecule has 2 aliphatic rings. The zero-order valence-electron chi connectivity index (χ0n) is 24.8. The number of amides is 3. The second-order valence-electron chi connectivity index (χ2n) is 11.1. The number of fused-ring (bicyclic) bond motifs is 2.